The van der Waals surface area contributed by atoms with Crippen molar-refractivity contribution in [3.63, 3.8) is 0 Å². The number of piperidine rings is 1. The van der Waals surface area contributed by atoms with Crippen LogP contribution in [0.15, 0.2) is 48.5 Å². The summed E-state index contributed by atoms with van der Waals surface area (Å²) in [6.07, 6.45) is 2.93. The van der Waals surface area contributed by atoms with Gasteiger partial charge in [0.05, 0.1) is 6.61 Å². The van der Waals surface area contributed by atoms with Crippen molar-refractivity contribution in [3.05, 3.63) is 65.5 Å². The molecule has 6 heteroatoms. The molecule has 0 N–H and O–H groups in total. The van der Waals surface area contributed by atoms with Crippen LogP contribution in [0.4, 0.5) is 9.18 Å². The summed E-state index contributed by atoms with van der Waals surface area (Å²) >= 11 is 0. The van der Waals surface area contributed by atoms with Crippen molar-refractivity contribution in [1.82, 2.24) is 9.80 Å². The first kappa shape index (κ1) is 21.6. The number of halogens is 1. The zero-order chi connectivity index (χ0) is 21.8. The van der Waals surface area contributed by atoms with Crippen LogP contribution in [0, 0.1) is 5.82 Å². The molecule has 0 bridgehead atoms. The average molecular weight is 427 g/mol. The Balaban J connectivity index is 1.55. The van der Waals surface area contributed by atoms with Crippen LogP contribution in [0.2, 0.25) is 0 Å². The average Bonchev–Trinajstić information content (AvgIpc) is 2.76. The lowest BCUT2D eigenvalue weighted by Gasteiger charge is -2.49. The molecule has 0 radical (unpaired) electrons. The van der Waals surface area contributed by atoms with Gasteiger partial charge in [0.25, 0.3) is 0 Å². The van der Waals surface area contributed by atoms with Gasteiger partial charge in [0.2, 0.25) is 0 Å². The Kier molecular flexibility index (Phi) is 6.46. The summed E-state index contributed by atoms with van der Waals surface area (Å²) in [5.74, 6) is 0.574. The fraction of sp³-hybridized carbons (Fsp3) is 0.480. The van der Waals surface area contributed by atoms with Crippen LogP contribution in [0.3, 0.4) is 0 Å². The van der Waals surface area contributed by atoms with E-state index >= 15 is 0 Å². The molecule has 4 rings (SSSR count). The fourth-order valence-corrected chi connectivity index (χ4v) is 4.63. The zero-order valence-electron chi connectivity index (χ0n) is 18.4. The van der Waals surface area contributed by atoms with Gasteiger partial charge >= 0.3 is 6.09 Å². The molecular formula is C25H31FN2O3. The Bertz CT molecular complexity index is 877. The smallest absolute Gasteiger partial charge is 0.410 e. The highest BCUT2D eigenvalue weighted by Crippen LogP contribution is 2.38. The van der Waals surface area contributed by atoms with Crippen LogP contribution in [0.5, 0.6) is 5.75 Å². The summed E-state index contributed by atoms with van der Waals surface area (Å²) < 4.78 is 25.0. The van der Waals surface area contributed by atoms with Gasteiger partial charge < -0.3 is 19.3 Å². The van der Waals surface area contributed by atoms with Gasteiger partial charge in [0.15, 0.2) is 0 Å². The van der Waals surface area contributed by atoms with E-state index in [1.165, 1.54) is 12.1 Å². The monoisotopic (exact) mass is 426 g/mol. The van der Waals surface area contributed by atoms with Gasteiger partial charge in [-0.25, -0.2) is 9.18 Å². The second kappa shape index (κ2) is 9.27. The molecule has 1 spiro atoms. The number of amides is 1. The minimum absolute atomic E-state index is 0.00156. The molecule has 2 heterocycles. The molecule has 2 aromatic rings. The summed E-state index contributed by atoms with van der Waals surface area (Å²) in [5.41, 5.74) is 1.66. The standard InChI is InChI=1S/C25H31FN2O3/c1-3-30-23-10-6-20(7-11-23)18-28-22(16-19-4-8-21(26)9-5-19)17-25(31-24(28)29)12-14-27(2)15-13-25/h4-11,22H,3,12-18H2,1-2H3. The minimum atomic E-state index is -0.399. The van der Waals surface area contributed by atoms with Gasteiger partial charge in [-0.3, -0.25) is 0 Å². The third-order valence-electron chi connectivity index (χ3n) is 6.46. The van der Waals surface area contributed by atoms with Crippen molar-refractivity contribution in [3.8, 4) is 5.75 Å². The molecule has 0 aromatic heterocycles. The lowest BCUT2D eigenvalue weighted by atomic mass is 9.81. The number of rotatable bonds is 6. The highest BCUT2D eigenvalue weighted by atomic mass is 19.1. The van der Waals surface area contributed by atoms with Crippen molar-refractivity contribution in [2.24, 2.45) is 0 Å². The van der Waals surface area contributed by atoms with Crippen molar-refractivity contribution >= 4 is 6.09 Å². The fourth-order valence-electron chi connectivity index (χ4n) is 4.63. The van der Waals surface area contributed by atoms with Gasteiger partial charge in [-0.1, -0.05) is 24.3 Å². The molecule has 2 fully saturated rings. The van der Waals surface area contributed by atoms with Gasteiger partial charge in [-0.2, -0.15) is 0 Å². The summed E-state index contributed by atoms with van der Waals surface area (Å²) in [4.78, 5) is 17.3. The van der Waals surface area contributed by atoms with Gasteiger partial charge in [-0.05, 0) is 55.8 Å². The van der Waals surface area contributed by atoms with E-state index in [1.54, 1.807) is 0 Å². The maximum Gasteiger partial charge on any atom is 0.410 e. The third-order valence-corrected chi connectivity index (χ3v) is 6.46. The largest absolute Gasteiger partial charge is 0.494 e. The van der Waals surface area contributed by atoms with Gasteiger partial charge in [-0.15, -0.1) is 0 Å². The van der Waals surface area contributed by atoms with Gasteiger partial charge in [0.1, 0.15) is 17.2 Å². The number of nitrogens with zero attached hydrogens (tertiary/aromatic N) is 2. The third kappa shape index (κ3) is 5.18. The first-order valence-corrected chi connectivity index (χ1v) is 11.1. The van der Waals surface area contributed by atoms with E-state index < -0.39 is 5.60 Å². The van der Waals surface area contributed by atoms with Crippen LogP contribution >= 0.6 is 0 Å². The quantitative estimate of drug-likeness (QED) is 0.675. The van der Waals surface area contributed by atoms with E-state index in [4.69, 9.17) is 9.47 Å². The molecule has 2 saturated heterocycles. The number of carbonyl (C=O) groups excluding carboxylic acids is 1. The molecule has 0 saturated carbocycles. The molecule has 166 valence electrons. The summed E-state index contributed by atoms with van der Waals surface area (Å²) in [5, 5.41) is 0. The van der Waals surface area contributed by atoms with E-state index in [0.717, 1.165) is 49.2 Å². The van der Waals surface area contributed by atoms with Crippen molar-refractivity contribution < 1.29 is 18.7 Å². The van der Waals surface area contributed by atoms with Gasteiger partial charge in [0, 0.05) is 44.9 Å². The normalized spacial score (nSPS) is 21.2. The molecule has 2 aliphatic heterocycles. The van der Waals surface area contributed by atoms with E-state index in [-0.39, 0.29) is 18.0 Å². The Hall–Kier alpha value is -2.60. The SMILES string of the molecule is CCOc1ccc(CN2C(=O)OC3(CCN(C)CC3)CC2Cc2ccc(F)cc2)cc1. The molecule has 2 aliphatic rings. The molecule has 5 nitrogen and oxygen atoms in total. The molecule has 2 aromatic carbocycles. The Morgan fingerprint density at radius 2 is 1.71 bits per heavy atom. The topological polar surface area (TPSA) is 42.0 Å². The van der Waals surface area contributed by atoms with Crippen LogP contribution in [-0.2, 0) is 17.7 Å². The Morgan fingerprint density at radius 1 is 1.06 bits per heavy atom. The predicted molar refractivity (Wildman–Crippen MR) is 118 cm³/mol. The Morgan fingerprint density at radius 3 is 2.35 bits per heavy atom. The minimum Gasteiger partial charge on any atom is -0.494 e. The molecule has 0 aliphatic carbocycles. The summed E-state index contributed by atoms with van der Waals surface area (Å²) in [6.45, 7) is 4.91. The highest BCUT2D eigenvalue weighted by Gasteiger charge is 2.46. The maximum atomic E-state index is 13.4. The maximum absolute atomic E-state index is 13.4. The molecule has 31 heavy (non-hydrogen) atoms. The second-order valence-corrected chi connectivity index (χ2v) is 8.75. The molecular weight excluding hydrogens is 395 g/mol. The lowest BCUT2D eigenvalue weighted by molar-refractivity contribution is -0.0978. The van der Waals surface area contributed by atoms with Crippen LogP contribution in [0.1, 0.15) is 37.3 Å². The van der Waals surface area contributed by atoms with Crippen LogP contribution in [-0.4, -0.2) is 54.3 Å². The number of ether oxygens (including phenoxy) is 2. The molecule has 1 unspecified atom stereocenters. The molecule has 1 atom stereocenters. The van der Waals surface area contributed by atoms with E-state index in [9.17, 15) is 9.18 Å². The van der Waals surface area contributed by atoms with E-state index in [2.05, 4.69) is 11.9 Å². The first-order chi connectivity index (χ1) is 15.0. The Labute approximate surface area is 183 Å². The van der Waals surface area contributed by atoms with Crippen molar-refractivity contribution in [2.75, 3.05) is 26.7 Å². The predicted octanol–water partition coefficient (Wildman–Crippen LogP) is 4.64. The van der Waals surface area contributed by atoms with Crippen molar-refractivity contribution in [1.29, 1.82) is 0 Å². The lowest BCUT2D eigenvalue weighted by Crippen LogP contribution is -2.58. The second-order valence-electron chi connectivity index (χ2n) is 8.75. The van der Waals surface area contributed by atoms with Crippen LogP contribution in [0.25, 0.3) is 0 Å². The van der Waals surface area contributed by atoms with Crippen molar-refractivity contribution in [2.45, 2.75) is 50.8 Å². The first-order valence-electron chi connectivity index (χ1n) is 11.1. The van der Waals surface area contributed by atoms with E-state index in [0.29, 0.717) is 19.6 Å². The number of likely N-dealkylation sites (tertiary alicyclic amines) is 1. The number of hydrogen-bond donors (Lipinski definition) is 0. The number of benzene rings is 2. The van der Waals surface area contributed by atoms with E-state index in [1.807, 2.05) is 48.2 Å². The number of hydrogen-bond acceptors (Lipinski definition) is 4. The highest BCUT2D eigenvalue weighted by molar-refractivity contribution is 5.70. The number of carbonyl (C=O) groups is 1. The zero-order valence-corrected chi connectivity index (χ0v) is 18.4. The summed E-state index contributed by atoms with van der Waals surface area (Å²) in [7, 11) is 2.10. The molecule has 1 amide bonds. The summed E-state index contributed by atoms with van der Waals surface area (Å²) in [6, 6.07) is 14.4. The van der Waals surface area contributed by atoms with Crippen LogP contribution < -0.4 is 4.74 Å².